The van der Waals surface area contributed by atoms with Crippen LogP contribution >= 0.6 is 0 Å². The summed E-state index contributed by atoms with van der Waals surface area (Å²) in [6, 6.07) is 5.81. The number of amides is 3. The van der Waals surface area contributed by atoms with Crippen molar-refractivity contribution in [3.8, 4) is 0 Å². The van der Waals surface area contributed by atoms with Gasteiger partial charge in [-0.3, -0.25) is 4.79 Å². The average Bonchev–Trinajstić information content (AvgIpc) is 3.07. The number of aromatic nitrogens is 1. The summed E-state index contributed by atoms with van der Waals surface area (Å²) < 4.78 is 29.7. The topological polar surface area (TPSA) is 66.4 Å². The molecule has 1 aliphatic rings. The van der Waals surface area contributed by atoms with Gasteiger partial charge in [-0.2, -0.15) is 0 Å². The predicted molar refractivity (Wildman–Crippen MR) is 96.0 cm³/mol. The van der Waals surface area contributed by atoms with Crippen molar-refractivity contribution in [1.29, 1.82) is 0 Å². The Bertz CT molecular complexity index is 850. The smallest absolute Gasteiger partial charge is 0.315 e. The lowest BCUT2D eigenvalue weighted by molar-refractivity contribution is -0.132. The summed E-state index contributed by atoms with van der Waals surface area (Å²) in [6.07, 6.45) is 1.86. The van der Waals surface area contributed by atoms with E-state index < -0.39 is 23.7 Å². The highest BCUT2D eigenvalue weighted by Crippen LogP contribution is 2.34. The van der Waals surface area contributed by atoms with Crippen LogP contribution in [0.25, 0.3) is 0 Å². The van der Waals surface area contributed by atoms with Crippen LogP contribution in [0.5, 0.6) is 0 Å². The summed E-state index contributed by atoms with van der Waals surface area (Å²) in [5.74, 6) is -1.72. The molecule has 27 heavy (non-hydrogen) atoms. The third kappa shape index (κ3) is 4.10. The first-order valence-electron chi connectivity index (χ1n) is 8.80. The highest BCUT2D eigenvalue weighted by Gasteiger charge is 2.33. The van der Waals surface area contributed by atoms with Gasteiger partial charge in [0.2, 0.25) is 5.91 Å². The van der Waals surface area contributed by atoms with Gasteiger partial charge >= 0.3 is 6.03 Å². The molecule has 2 aromatic rings. The van der Waals surface area contributed by atoms with Crippen molar-refractivity contribution in [3.05, 3.63) is 59.4 Å². The van der Waals surface area contributed by atoms with Crippen LogP contribution in [-0.2, 0) is 11.3 Å². The number of hydrogen-bond donors (Lipinski definition) is 2. The zero-order valence-corrected chi connectivity index (χ0v) is 15.2. The lowest BCUT2D eigenvalue weighted by Crippen LogP contribution is -2.49. The molecule has 0 saturated heterocycles. The number of fused-ring (bicyclic) bond motifs is 1. The molecule has 0 bridgehead atoms. The van der Waals surface area contributed by atoms with E-state index in [1.165, 1.54) is 17.0 Å². The zero-order valence-electron chi connectivity index (χ0n) is 15.2. The van der Waals surface area contributed by atoms with E-state index in [0.717, 1.165) is 11.8 Å². The van der Waals surface area contributed by atoms with Gasteiger partial charge in [-0.15, -0.1) is 0 Å². The highest BCUT2D eigenvalue weighted by molar-refractivity contribution is 5.84. The fourth-order valence-corrected chi connectivity index (χ4v) is 3.27. The molecule has 8 heteroatoms. The fraction of sp³-hybridized carbons (Fsp3) is 0.368. The van der Waals surface area contributed by atoms with Crippen molar-refractivity contribution in [2.24, 2.45) is 0 Å². The van der Waals surface area contributed by atoms with Gasteiger partial charge in [0, 0.05) is 42.7 Å². The van der Waals surface area contributed by atoms with E-state index in [4.69, 9.17) is 0 Å². The number of rotatable bonds is 4. The largest absolute Gasteiger partial charge is 0.348 e. The lowest BCUT2D eigenvalue weighted by Gasteiger charge is -2.37. The van der Waals surface area contributed by atoms with Gasteiger partial charge in [0.15, 0.2) is 0 Å². The van der Waals surface area contributed by atoms with E-state index in [-0.39, 0.29) is 24.1 Å². The summed E-state index contributed by atoms with van der Waals surface area (Å²) in [5.41, 5.74) is 0.961. The minimum atomic E-state index is -0.710. The van der Waals surface area contributed by atoms with E-state index in [9.17, 15) is 18.4 Å². The Morgan fingerprint density at radius 1 is 1.22 bits per heavy atom. The van der Waals surface area contributed by atoms with E-state index >= 15 is 0 Å². The summed E-state index contributed by atoms with van der Waals surface area (Å²) in [4.78, 5) is 26.0. The van der Waals surface area contributed by atoms with Crippen LogP contribution < -0.4 is 10.6 Å². The van der Waals surface area contributed by atoms with Gasteiger partial charge in [-0.05, 0) is 32.0 Å². The Hall–Kier alpha value is -2.90. The maximum absolute atomic E-state index is 14.5. The van der Waals surface area contributed by atoms with Gasteiger partial charge in [0.25, 0.3) is 0 Å². The minimum Gasteiger partial charge on any atom is -0.348 e. The average molecular weight is 376 g/mol. The summed E-state index contributed by atoms with van der Waals surface area (Å²) in [6.45, 7) is 4.33. The van der Waals surface area contributed by atoms with Crippen molar-refractivity contribution >= 4 is 11.9 Å². The molecule has 3 rings (SSSR count). The normalized spacial score (nSPS) is 16.2. The minimum absolute atomic E-state index is 0.0561. The molecule has 0 unspecified atom stereocenters. The first kappa shape index (κ1) is 18.9. The molecule has 1 aromatic heterocycles. The second-order valence-electron chi connectivity index (χ2n) is 6.76. The standard InChI is InChI=1S/C19H22F2N4O2/c1-12(2)23-19(27)22-11-17(26)25-9-8-24-7-3-4-16(24)18(25)14-6-5-13(20)10-15(14)21/h3-7,10,12,18H,8-9,11H2,1-2H3,(H2,22,23,27)/t18-/m1/s1. The molecular weight excluding hydrogens is 354 g/mol. The Kier molecular flexibility index (Phi) is 5.43. The van der Waals surface area contributed by atoms with Crippen molar-refractivity contribution in [1.82, 2.24) is 20.1 Å². The zero-order chi connectivity index (χ0) is 19.6. The van der Waals surface area contributed by atoms with Crippen LogP contribution in [0.15, 0.2) is 36.5 Å². The maximum Gasteiger partial charge on any atom is 0.315 e. The molecule has 144 valence electrons. The summed E-state index contributed by atoms with van der Waals surface area (Å²) in [7, 11) is 0. The predicted octanol–water partition coefficient (Wildman–Crippen LogP) is 2.41. The number of carbonyl (C=O) groups is 2. The molecular formula is C19H22F2N4O2. The molecule has 6 nitrogen and oxygen atoms in total. The van der Waals surface area contributed by atoms with Crippen LogP contribution in [0.3, 0.4) is 0 Å². The number of benzene rings is 1. The van der Waals surface area contributed by atoms with Crippen molar-refractivity contribution in [2.45, 2.75) is 32.5 Å². The summed E-state index contributed by atoms with van der Waals surface area (Å²) in [5, 5.41) is 5.17. The molecule has 0 aliphatic carbocycles. The molecule has 3 amide bonds. The van der Waals surface area contributed by atoms with Crippen LogP contribution in [0.4, 0.5) is 13.6 Å². The van der Waals surface area contributed by atoms with Gasteiger partial charge in [-0.1, -0.05) is 6.07 Å². The number of urea groups is 1. The molecule has 2 heterocycles. The van der Waals surface area contributed by atoms with Gasteiger partial charge < -0.3 is 20.1 Å². The molecule has 1 aromatic carbocycles. The number of halogens is 2. The first-order valence-corrected chi connectivity index (χ1v) is 8.80. The second-order valence-corrected chi connectivity index (χ2v) is 6.76. The van der Waals surface area contributed by atoms with Crippen molar-refractivity contribution < 1.29 is 18.4 Å². The van der Waals surface area contributed by atoms with Crippen LogP contribution in [0.2, 0.25) is 0 Å². The summed E-state index contributed by atoms with van der Waals surface area (Å²) >= 11 is 0. The molecule has 0 saturated carbocycles. The monoisotopic (exact) mass is 376 g/mol. The van der Waals surface area contributed by atoms with Crippen molar-refractivity contribution in [2.75, 3.05) is 13.1 Å². The Morgan fingerprint density at radius 2 is 2.00 bits per heavy atom. The lowest BCUT2D eigenvalue weighted by atomic mass is 9.99. The highest BCUT2D eigenvalue weighted by atomic mass is 19.1. The van der Waals surface area contributed by atoms with Crippen LogP contribution in [0, 0.1) is 11.6 Å². The van der Waals surface area contributed by atoms with E-state index in [1.807, 2.05) is 36.7 Å². The van der Waals surface area contributed by atoms with Crippen molar-refractivity contribution in [3.63, 3.8) is 0 Å². The van der Waals surface area contributed by atoms with E-state index in [0.29, 0.717) is 13.1 Å². The molecule has 1 aliphatic heterocycles. The molecule has 2 N–H and O–H groups in total. The third-order valence-corrected chi connectivity index (χ3v) is 4.44. The van der Waals surface area contributed by atoms with Gasteiger partial charge in [-0.25, -0.2) is 13.6 Å². The van der Waals surface area contributed by atoms with Crippen LogP contribution in [0.1, 0.15) is 31.1 Å². The number of nitrogens with zero attached hydrogens (tertiary/aromatic N) is 2. The Morgan fingerprint density at radius 3 is 2.70 bits per heavy atom. The number of hydrogen-bond acceptors (Lipinski definition) is 2. The van der Waals surface area contributed by atoms with Gasteiger partial charge in [0.05, 0.1) is 6.54 Å². The third-order valence-electron chi connectivity index (χ3n) is 4.44. The van der Waals surface area contributed by atoms with Gasteiger partial charge in [0.1, 0.15) is 17.7 Å². The second kappa shape index (κ2) is 7.77. The quantitative estimate of drug-likeness (QED) is 0.861. The molecule has 1 atom stereocenters. The molecule has 0 spiro atoms. The number of nitrogens with one attached hydrogen (secondary N) is 2. The molecule has 0 fully saturated rings. The molecule has 0 radical (unpaired) electrons. The van der Waals surface area contributed by atoms with E-state index in [1.54, 1.807) is 0 Å². The number of carbonyl (C=O) groups excluding carboxylic acids is 2. The SMILES string of the molecule is CC(C)NC(=O)NCC(=O)N1CCn2cccc2[C@H]1c1ccc(F)cc1F. The maximum atomic E-state index is 14.5. The Labute approximate surface area is 156 Å². The fourth-order valence-electron chi connectivity index (χ4n) is 3.27. The van der Waals surface area contributed by atoms with E-state index in [2.05, 4.69) is 10.6 Å². The first-order chi connectivity index (χ1) is 12.9. The van der Waals surface area contributed by atoms with Crippen LogP contribution in [-0.4, -0.2) is 40.5 Å². The Balaban J connectivity index is 1.85.